The molecule has 0 atom stereocenters. The first-order chi connectivity index (χ1) is 11.7. The Labute approximate surface area is 154 Å². The summed E-state index contributed by atoms with van der Waals surface area (Å²) in [5, 5.41) is 10.3. The highest BCUT2D eigenvalue weighted by Gasteiger charge is 2.20. The molecule has 2 aromatic rings. The molecule has 3 nitrogen and oxygen atoms in total. The number of nitrogens with zero attached hydrogens (tertiary/aromatic N) is 2. The van der Waals surface area contributed by atoms with Gasteiger partial charge in [-0.25, -0.2) is 4.99 Å². The molecule has 3 rings (SSSR count). The zero-order valence-corrected chi connectivity index (χ0v) is 15.6. The van der Waals surface area contributed by atoms with E-state index >= 15 is 0 Å². The van der Waals surface area contributed by atoms with Crippen molar-refractivity contribution in [2.45, 2.75) is 25.7 Å². The van der Waals surface area contributed by atoms with Crippen LogP contribution in [0, 0.1) is 11.3 Å². The largest absolute Gasteiger partial charge is 0.488 e. The van der Waals surface area contributed by atoms with E-state index in [0.717, 1.165) is 39.2 Å². The van der Waals surface area contributed by atoms with E-state index in [4.69, 9.17) is 4.74 Å². The van der Waals surface area contributed by atoms with Crippen molar-refractivity contribution in [1.29, 1.82) is 5.26 Å². The van der Waals surface area contributed by atoms with Gasteiger partial charge in [-0.05, 0) is 70.9 Å². The quantitative estimate of drug-likeness (QED) is 0.485. The maximum atomic E-state index is 9.47. The molecule has 0 saturated heterocycles. The third-order valence-corrected chi connectivity index (χ3v) is 5.73. The van der Waals surface area contributed by atoms with Crippen LogP contribution in [-0.4, -0.2) is 12.8 Å². The van der Waals surface area contributed by atoms with Crippen LogP contribution >= 0.6 is 27.3 Å². The lowest BCUT2D eigenvalue weighted by Gasteiger charge is -2.09. The number of halogens is 1. The van der Waals surface area contributed by atoms with Crippen molar-refractivity contribution in [3.05, 3.63) is 56.9 Å². The van der Waals surface area contributed by atoms with E-state index in [2.05, 4.69) is 33.6 Å². The third kappa shape index (κ3) is 3.61. The number of fused-ring (bicyclic) bond motifs is 1. The predicted octanol–water partition coefficient (Wildman–Crippen LogP) is 5.58. The summed E-state index contributed by atoms with van der Waals surface area (Å²) < 4.78 is 6.42. The average molecular weight is 401 g/mol. The van der Waals surface area contributed by atoms with Gasteiger partial charge in [-0.15, -0.1) is 11.3 Å². The number of hydrogen-bond acceptors (Lipinski definition) is 4. The Hall–Kier alpha value is -1.90. The van der Waals surface area contributed by atoms with Crippen molar-refractivity contribution in [2.24, 2.45) is 4.99 Å². The summed E-state index contributed by atoms with van der Waals surface area (Å²) in [4.78, 5) is 5.91. The van der Waals surface area contributed by atoms with Gasteiger partial charge in [-0.1, -0.05) is 12.7 Å². The summed E-state index contributed by atoms with van der Waals surface area (Å²) in [6, 6.07) is 8.15. The standard InChI is InChI=1S/C19H17BrN2OS/c1-2-9-23-17-8-7-13(10-16(17)20)12-22-19-15(11-21)14-5-3-4-6-18(14)24-19/h2,7-8,10,12H,1,3-6,9H2. The Morgan fingerprint density at radius 2 is 2.21 bits per heavy atom. The van der Waals surface area contributed by atoms with E-state index in [0.29, 0.717) is 6.61 Å². The number of aryl methyl sites for hydroxylation is 1. The van der Waals surface area contributed by atoms with Crippen molar-refractivity contribution in [1.82, 2.24) is 0 Å². The minimum absolute atomic E-state index is 0.471. The van der Waals surface area contributed by atoms with Crippen LogP contribution < -0.4 is 4.74 Å². The fraction of sp³-hybridized carbons (Fsp3) is 0.263. The van der Waals surface area contributed by atoms with E-state index in [1.807, 2.05) is 18.2 Å². The number of thiophene rings is 1. The van der Waals surface area contributed by atoms with Crippen molar-refractivity contribution in [2.75, 3.05) is 6.61 Å². The fourth-order valence-electron chi connectivity index (χ4n) is 2.75. The summed E-state index contributed by atoms with van der Waals surface area (Å²) in [5.74, 6) is 0.774. The van der Waals surface area contributed by atoms with Gasteiger partial charge in [0, 0.05) is 11.1 Å². The molecule has 24 heavy (non-hydrogen) atoms. The molecule has 0 radical (unpaired) electrons. The SMILES string of the molecule is C=CCOc1ccc(C=Nc2sc3c(c2C#N)CCCC3)cc1Br. The molecule has 0 N–H and O–H groups in total. The minimum atomic E-state index is 0.471. The lowest BCUT2D eigenvalue weighted by atomic mass is 9.96. The molecule has 0 fully saturated rings. The number of hydrogen-bond donors (Lipinski definition) is 0. The first-order valence-corrected chi connectivity index (χ1v) is 9.46. The number of nitriles is 1. The van der Waals surface area contributed by atoms with Gasteiger partial charge < -0.3 is 4.74 Å². The summed E-state index contributed by atoms with van der Waals surface area (Å²) in [6.45, 7) is 4.11. The van der Waals surface area contributed by atoms with Crippen LogP contribution in [0.25, 0.3) is 0 Å². The van der Waals surface area contributed by atoms with Crippen LogP contribution in [0.3, 0.4) is 0 Å². The van der Waals surface area contributed by atoms with Crippen molar-refractivity contribution in [3.63, 3.8) is 0 Å². The van der Waals surface area contributed by atoms with E-state index < -0.39 is 0 Å². The number of rotatable bonds is 5. The molecule has 122 valence electrons. The molecular formula is C19H17BrN2OS. The molecule has 1 heterocycles. The maximum absolute atomic E-state index is 9.47. The predicted molar refractivity (Wildman–Crippen MR) is 103 cm³/mol. The van der Waals surface area contributed by atoms with Crippen LogP contribution in [0.1, 0.15) is 34.4 Å². The maximum Gasteiger partial charge on any atom is 0.134 e. The topological polar surface area (TPSA) is 45.4 Å². The molecule has 0 unspecified atom stereocenters. The summed E-state index contributed by atoms with van der Waals surface area (Å²) in [5.41, 5.74) is 2.94. The van der Waals surface area contributed by atoms with E-state index in [1.54, 1.807) is 23.6 Å². The lowest BCUT2D eigenvalue weighted by molar-refractivity contribution is 0.361. The number of benzene rings is 1. The van der Waals surface area contributed by atoms with Crippen LogP contribution in [0.2, 0.25) is 0 Å². The minimum Gasteiger partial charge on any atom is -0.488 e. The first-order valence-electron chi connectivity index (χ1n) is 7.85. The molecule has 1 aliphatic carbocycles. The number of aliphatic imine (C=N–C) groups is 1. The Bertz CT molecular complexity index is 833. The zero-order valence-electron chi connectivity index (χ0n) is 13.2. The summed E-state index contributed by atoms with van der Waals surface area (Å²) >= 11 is 5.16. The Morgan fingerprint density at radius 1 is 1.38 bits per heavy atom. The molecule has 0 bridgehead atoms. The highest BCUT2D eigenvalue weighted by atomic mass is 79.9. The van der Waals surface area contributed by atoms with Gasteiger partial charge in [-0.2, -0.15) is 5.26 Å². The Balaban J connectivity index is 1.84. The third-order valence-electron chi connectivity index (χ3n) is 3.91. The van der Waals surface area contributed by atoms with Gasteiger partial charge in [0.25, 0.3) is 0 Å². The highest BCUT2D eigenvalue weighted by Crippen LogP contribution is 2.39. The molecule has 0 amide bonds. The zero-order chi connectivity index (χ0) is 16.9. The molecular weight excluding hydrogens is 384 g/mol. The average Bonchev–Trinajstić information content (AvgIpc) is 2.96. The Kier molecular flexibility index (Phi) is 5.49. The van der Waals surface area contributed by atoms with Crippen molar-refractivity contribution < 1.29 is 4.74 Å². The van der Waals surface area contributed by atoms with Gasteiger partial charge >= 0.3 is 0 Å². The molecule has 5 heteroatoms. The fourth-order valence-corrected chi connectivity index (χ4v) is 4.45. The second-order valence-electron chi connectivity index (χ2n) is 5.55. The van der Waals surface area contributed by atoms with E-state index in [1.165, 1.54) is 23.3 Å². The van der Waals surface area contributed by atoms with Crippen LogP contribution in [0.15, 0.2) is 40.3 Å². The summed E-state index contributed by atoms with van der Waals surface area (Å²) in [6.07, 6.45) is 7.97. The van der Waals surface area contributed by atoms with Gasteiger partial charge in [0.05, 0.1) is 10.0 Å². The highest BCUT2D eigenvalue weighted by molar-refractivity contribution is 9.10. The molecule has 1 aliphatic rings. The van der Waals surface area contributed by atoms with Gasteiger partial charge in [-0.3, -0.25) is 0 Å². The molecule has 0 saturated carbocycles. The lowest BCUT2D eigenvalue weighted by Crippen LogP contribution is -1.99. The molecule has 0 aliphatic heterocycles. The Morgan fingerprint density at radius 3 is 2.96 bits per heavy atom. The second kappa shape index (κ2) is 7.78. The smallest absolute Gasteiger partial charge is 0.134 e. The van der Waals surface area contributed by atoms with Gasteiger partial charge in [0.1, 0.15) is 23.4 Å². The van der Waals surface area contributed by atoms with Crippen LogP contribution in [0.5, 0.6) is 5.75 Å². The van der Waals surface area contributed by atoms with Crippen LogP contribution in [0.4, 0.5) is 5.00 Å². The molecule has 1 aromatic heterocycles. The monoisotopic (exact) mass is 400 g/mol. The summed E-state index contributed by atoms with van der Waals surface area (Å²) in [7, 11) is 0. The molecule has 0 spiro atoms. The van der Waals surface area contributed by atoms with E-state index in [9.17, 15) is 5.26 Å². The van der Waals surface area contributed by atoms with Crippen molar-refractivity contribution >= 4 is 38.5 Å². The number of ether oxygens (including phenoxy) is 1. The van der Waals surface area contributed by atoms with Gasteiger partial charge in [0.15, 0.2) is 0 Å². The first kappa shape index (κ1) is 16.9. The second-order valence-corrected chi connectivity index (χ2v) is 7.49. The normalized spacial score (nSPS) is 13.5. The van der Waals surface area contributed by atoms with E-state index in [-0.39, 0.29) is 0 Å². The molecule has 1 aromatic carbocycles. The van der Waals surface area contributed by atoms with Gasteiger partial charge in [0.2, 0.25) is 0 Å². The van der Waals surface area contributed by atoms with Crippen molar-refractivity contribution in [3.8, 4) is 11.8 Å². The van der Waals surface area contributed by atoms with Crippen LogP contribution in [-0.2, 0) is 12.8 Å².